The lowest BCUT2D eigenvalue weighted by molar-refractivity contribution is -0.131. The summed E-state index contributed by atoms with van der Waals surface area (Å²) in [5.41, 5.74) is 1.23. The molecule has 1 aliphatic rings. The fourth-order valence-electron chi connectivity index (χ4n) is 2.90. The van der Waals surface area contributed by atoms with Crippen LogP contribution in [-0.2, 0) is 4.79 Å². The van der Waals surface area contributed by atoms with E-state index in [2.05, 4.69) is 51.7 Å². The van der Waals surface area contributed by atoms with Crippen LogP contribution < -0.4 is 15.5 Å². The molecule has 0 unspecified atom stereocenters. The number of carbonyl (C=O) groups excluding carboxylic acids is 1. The van der Waals surface area contributed by atoms with E-state index < -0.39 is 0 Å². The molecule has 1 aromatic carbocycles. The van der Waals surface area contributed by atoms with E-state index in [1.807, 2.05) is 11.0 Å². The molecule has 0 spiro atoms. The van der Waals surface area contributed by atoms with E-state index in [4.69, 9.17) is 0 Å². The molecule has 1 aromatic rings. The number of nitrogens with zero attached hydrogens (tertiary/aromatic N) is 3. The number of guanidine groups is 1. The van der Waals surface area contributed by atoms with Crippen molar-refractivity contribution >= 4 is 17.6 Å². The SMILES string of the molecule is CCCCNC(=NC)NCCC(=O)N1CCN(c2ccccc2)CC1. The Morgan fingerprint density at radius 2 is 1.76 bits per heavy atom. The summed E-state index contributed by atoms with van der Waals surface area (Å²) in [6.45, 7) is 7.05. The first-order valence-electron chi connectivity index (χ1n) is 9.27. The second-order valence-corrected chi connectivity index (χ2v) is 6.23. The summed E-state index contributed by atoms with van der Waals surface area (Å²) in [5, 5.41) is 6.47. The third-order valence-corrected chi connectivity index (χ3v) is 4.43. The van der Waals surface area contributed by atoms with Crippen LogP contribution in [0.1, 0.15) is 26.2 Å². The van der Waals surface area contributed by atoms with Crippen molar-refractivity contribution in [2.24, 2.45) is 4.99 Å². The van der Waals surface area contributed by atoms with Crippen LogP contribution >= 0.6 is 0 Å². The van der Waals surface area contributed by atoms with E-state index in [-0.39, 0.29) is 5.91 Å². The maximum Gasteiger partial charge on any atom is 0.224 e. The van der Waals surface area contributed by atoms with E-state index in [9.17, 15) is 4.79 Å². The Kier molecular flexibility index (Phi) is 8.09. The van der Waals surface area contributed by atoms with Gasteiger partial charge in [0.25, 0.3) is 0 Å². The number of unbranched alkanes of at least 4 members (excludes halogenated alkanes) is 1. The average molecular weight is 345 g/mol. The summed E-state index contributed by atoms with van der Waals surface area (Å²) in [5.74, 6) is 0.986. The molecule has 1 amide bonds. The zero-order valence-electron chi connectivity index (χ0n) is 15.5. The molecular formula is C19H31N5O. The van der Waals surface area contributed by atoms with Gasteiger partial charge in [-0.3, -0.25) is 9.79 Å². The molecule has 0 radical (unpaired) electrons. The van der Waals surface area contributed by atoms with E-state index in [1.54, 1.807) is 7.05 Å². The van der Waals surface area contributed by atoms with Gasteiger partial charge in [-0.1, -0.05) is 31.5 Å². The Balaban J connectivity index is 1.67. The number of nitrogens with one attached hydrogen (secondary N) is 2. The number of hydrogen-bond donors (Lipinski definition) is 2. The van der Waals surface area contributed by atoms with Gasteiger partial charge in [-0.05, 0) is 18.6 Å². The van der Waals surface area contributed by atoms with Crippen LogP contribution in [0.5, 0.6) is 0 Å². The number of carbonyl (C=O) groups is 1. The highest BCUT2D eigenvalue weighted by Crippen LogP contribution is 2.15. The molecule has 1 aliphatic heterocycles. The first-order chi connectivity index (χ1) is 12.2. The summed E-state index contributed by atoms with van der Waals surface area (Å²) in [6.07, 6.45) is 2.77. The van der Waals surface area contributed by atoms with Crippen molar-refractivity contribution in [3.63, 3.8) is 0 Å². The fraction of sp³-hybridized carbons (Fsp3) is 0.579. The minimum absolute atomic E-state index is 0.212. The Hall–Kier alpha value is -2.24. The number of amides is 1. The van der Waals surface area contributed by atoms with Gasteiger partial charge in [0.15, 0.2) is 5.96 Å². The molecule has 1 heterocycles. The van der Waals surface area contributed by atoms with Crippen LogP contribution in [0, 0.1) is 0 Å². The van der Waals surface area contributed by atoms with Gasteiger partial charge in [0.2, 0.25) is 5.91 Å². The van der Waals surface area contributed by atoms with Crippen LogP contribution in [0.3, 0.4) is 0 Å². The molecule has 2 N–H and O–H groups in total. The third kappa shape index (κ3) is 6.29. The highest BCUT2D eigenvalue weighted by Gasteiger charge is 2.20. The highest BCUT2D eigenvalue weighted by molar-refractivity contribution is 5.81. The van der Waals surface area contributed by atoms with Gasteiger partial charge in [0, 0.05) is 58.4 Å². The summed E-state index contributed by atoms with van der Waals surface area (Å²) in [6, 6.07) is 10.4. The van der Waals surface area contributed by atoms with Crippen LogP contribution in [0.15, 0.2) is 35.3 Å². The molecule has 0 bridgehead atoms. The lowest BCUT2D eigenvalue weighted by Gasteiger charge is -2.36. The zero-order chi connectivity index (χ0) is 17.9. The van der Waals surface area contributed by atoms with Crippen molar-refractivity contribution < 1.29 is 4.79 Å². The normalized spacial score (nSPS) is 15.2. The highest BCUT2D eigenvalue weighted by atomic mass is 16.2. The topological polar surface area (TPSA) is 60.0 Å². The standard InChI is InChI=1S/C19H31N5O/c1-3-4-11-21-19(20-2)22-12-10-18(25)24-15-13-23(14-16-24)17-8-6-5-7-9-17/h5-9H,3-4,10-16H2,1-2H3,(H2,20,21,22). The second-order valence-electron chi connectivity index (χ2n) is 6.23. The molecular weight excluding hydrogens is 314 g/mol. The van der Waals surface area contributed by atoms with E-state index in [1.165, 1.54) is 5.69 Å². The first kappa shape index (κ1) is 19.1. The summed E-state index contributed by atoms with van der Waals surface area (Å²) in [7, 11) is 1.76. The number of hydrogen-bond acceptors (Lipinski definition) is 3. The van der Waals surface area contributed by atoms with Gasteiger partial charge in [-0.25, -0.2) is 0 Å². The summed E-state index contributed by atoms with van der Waals surface area (Å²) in [4.78, 5) is 20.9. The van der Waals surface area contributed by atoms with E-state index in [0.29, 0.717) is 13.0 Å². The molecule has 25 heavy (non-hydrogen) atoms. The number of benzene rings is 1. The number of anilines is 1. The van der Waals surface area contributed by atoms with Crippen LogP contribution in [0.25, 0.3) is 0 Å². The van der Waals surface area contributed by atoms with Gasteiger partial charge in [0.05, 0.1) is 0 Å². The number of aliphatic imine (C=N–C) groups is 1. The predicted molar refractivity (Wildman–Crippen MR) is 104 cm³/mol. The van der Waals surface area contributed by atoms with Crippen molar-refractivity contribution in [2.75, 3.05) is 51.2 Å². The molecule has 1 fully saturated rings. The van der Waals surface area contributed by atoms with Crippen LogP contribution in [0.4, 0.5) is 5.69 Å². The van der Waals surface area contributed by atoms with Gasteiger partial charge >= 0.3 is 0 Å². The quantitative estimate of drug-likeness (QED) is 0.449. The molecule has 138 valence electrons. The van der Waals surface area contributed by atoms with Gasteiger partial charge in [-0.2, -0.15) is 0 Å². The third-order valence-electron chi connectivity index (χ3n) is 4.43. The Morgan fingerprint density at radius 1 is 1.08 bits per heavy atom. The molecule has 0 aliphatic carbocycles. The van der Waals surface area contributed by atoms with Gasteiger partial charge in [-0.15, -0.1) is 0 Å². The Bertz CT molecular complexity index is 538. The molecule has 0 aromatic heterocycles. The number of piperazine rings is 1. The number of para-hydroxylation sites is 1. The van der Waals surface area contributed by atoms with Crippen LogP contribution in [-0.4, -0.2) is 63.1 Å². The van der Waals surface area contributed by atoms with Crippen LogP contribution in [0.2, 0.25) is 0 Å². The first-order valence-corrected chi connectivity index (χ1v) is 9.27. The van der Waals surface area contributed by atoms with E-state index in [0.717, 1.165) is 51.5 Å². The van der Waals surface area contributed by atoms with Gasteiger partial charge < -0.3 is 20.4 Å². The lowest BCUT2D eigenvalue weighted by atomic mass is 10.2. The van der Waals surface area contributed by atoms with E-state index >= 15 is 0 Å². The average Bonchev–Trinajstić information content (AvgIpc) is 2.67. The predicted octanol–water partition coefficient (Wildman–Crippen LogP) is 1.69. The Morgan fingerprint density at radius 3 is 2.40 bits per heavy atom. The summed E-state index contributed by atoms with van der Waals surface area (Å²) < 4.78 is 0. The smallest absolute Gasteiger partial charge is 0.224 e. The van der Waals surface area contributed by atoms with Gasteiger partial charge in [0.1, 0.15) is 0 Å². The van der Waals surface area contributed by atoms with Crippen molar-refractivity contribution in [3.05, 3.63) is 30.3 Å². The molecule has 6 nitrogen and oxygen atoms in total. The fourth-order valence-corrected chi connectivity index (χ4v) is 2.90. The maximum absolute atomic E-state index is 12.4. The van der Waals surface area contributed by atoms with Crippen molar-refractivity contribution in [3.8, 4) is 0 Å². The molecule has 6 heteroatoms. The summed E-state index contributed by atoms with van der Waals surface area (Å²) >= 11 is 0. The lowest BCUT2D eigenvalue weighted by Crippen LogP contribution is -2.49. The molecule has 1 saturated heterocycles. The molecule has 0 atom stereocenters. The largest absolute Gasteiger partial charge is 0.368 e. The zero-order valence-corrected chi connectivity index (χ0v) is 15.5. The monoisotopic (exact) mass is 345 g/mol. The molecule has 2 rings (SSSR count). The van der Waals surface area contributed by atoms with Crippen molar-refractivity contribution in [1.82, 2.24) is 15.5 Å². The molecule has 0 saturated carbocycles. The minimum Gasteiger partial charge on any atom is -0.368 e. The van der Waals surface area contributed by atoms with Crippen molar-refractivity contribution in [2.45, 2.75) is 26.2 Å². The maximum atomic E-state index is 12.4. The number of rotatable bonds is 7. The van der Waals surface area contributed by atoms with Crippen molar-refractivity contribution in [1.29, 1.82) is 0 Å². The Labute approximate surface area is 151 Å². The second kappa shape index (κ2) is 10.6. The minimum atomic E-state index is 0.212.